The molecule has 2 N–H and O–H groups in total. The summed E-state index contributed by atoms with van der Waals surface area (Å²) in [7, 11) is 0. The van der Waals surface area contributed by atoms with E-state index in [1.807, 2.05) is 10.7 Å². The zero-order valence-electron chi connectivity index (χ0n) is 11.1. The largest absolute Gasteiger partial charge is 0.366 e. The van der Waals surface area contributed by atoms with Crippen LogP contribution in [0.15, 0.2) is 12.3 Å². The maximum absolute atomic E-state index is 12.1. The Hall–Kier alpha value is -1.40. The lowest BCUT2D eigenvalue weighted by Crippen LogP contribution is -2.45. The normalized spacial score (nSPS) is 25.0. The van der Waals surface area contributed by atoms with Crippen molar-refractivity contribution < 1.29 is 9.53 Å². The van der Waals surface area contributed by atoms with E-state index in [0.717, 1.165) is 12.4 Å². The first-order valence-electron chi connectivity index (χ1n) is 6.92. The first-order chi connectivity index (χ1) is 9.25. The highest BCUT2D eigenvalue weighted by Crippen LogP contribution is 2.40. The molecule has 1 aromatic rings. The van der Waals surface area contributed by atoms with Gasteiger partial charge in [0.15, 0.2) is 0 Å². The van der Waals surface area contributed by atoms with E-state index in [4.69, 9.17) is 4.74 Å². The SMILES string of the molecule is C[C@@H](C1CC1)n1nccc1NC(=O)[C@@H]1CNCCO1. The Labute approximate surface area is 112 Å². The molecule has 0 unspecified atom stereocenters. The predicted molar refractivity (Wildman–Crippen MR) is 70.9 cm³/mol. The summed E-state index contributed by atoms with van der Waals surface area (Å²) in [4.78, 5) is 12.1. The molecule has 1 saturated heterocycles. The second-order valence-electron chi connectivity index (χ2n) is 5.29. The van der Waals surface area contributed by atoms with Gasteiger partial charge in [0, 0.05) is 19.2 Å². The molecule has 2 atom stereocenters. The second-order valence-corrected chi connectivity index (χ2v) is 5.29. The van der Waals surface area contributed by atoms with Gasteiger partial charge in [-0.05, 0) is 25.7 Å². The summed E-state index contributed by atoms with van der Waals surface area (Å²) < 4.78 is 7.35. The third kappa shape index (κ3) is 2.79. The summed E-state index contributed by atoms with van der Waals surface area (Å²) in [6.07, 6.45) is 3.83. The average molecular weight is 264 g/mol. The molecule has 3 rings (SSSR count). The molecule has 0 spiro atoms. The van der Waals surface area contributed by atoms with Crippen LogP contribution in [0.2, 0.25) is 0 Å². The molecular formula is C13H20N4O2. The molecule has 0 radical (unpaired) electrons. The highest BCUT2D eigenvalue weighted by atomic mass is 16.5. The van der Waals surface area contributed by atoms with E-state index in [1.54, 1.807) is 6.20 Å². The molecule has 1 saturated carbocycles. The number of nitrogens with one attached hydrogen (secondary N) is 2. The van der Waals surface area contributed by atoms with E-state index in [-0.39, 0.29) is 5.91 Å². The van der Waals surface area contributed by atoms with Gasteiger partial charge >= 0.3 is 0 Å². The summed E-state index contributed by atoms with van der Waals surface area (Å²) in [5.74, 6) is 1.36. The van der Waals surface area contributed by atoms with Gasteiger partial charge in [-0.3, -0.25) is 4.79 Å². The fourth-order valence-corrected chi connectivity index (χ4v) is 2.46. The van der Waals surface area contributed by atoms with Crippen molar-refractivity contribution in [1.82, 2.24) is 15.1 Å². The van der Waals surface area contributed by atoms with Gasteiger partial charge in [-0.2, -0.15) is 5.10 Å². The molecular weight excluding hydrogens is 244 g/mol. The Morgan fingerprint density at radius 3 is 3.16 bits per heavy atom. The van der Waals surface area contributed by atoms with Crippen molar-refractivity contribution in [2.45, 2.75) is 31.9 Å². The molecule has 2 aliphatic rings. The number of hydrogen-bond acceptors (Lipinski definition) is 4. The van der Waals surface area contributed by atoms with Crippen LogP contribution in [-0.2, 0) is 9.53 Å². The van der Waals surface area contributed by atoms with Crippen molar-refractivity contribution >= 4 is 11.7 Å². The van der Waals surface area contributed by atoms with Crippen LogP contribution in [0, 0.1) is 5.92 Å². The van der Waals surface area contributed by atoms with Crippen molar-refractivity contribution in [1.29, 1.82) is 0 Å². The maximum Gasteiger partial charge on any atom is 0.255 e. The summed E-state index contributed by atoms with van der Waals surface area (Å²) in [6, 6.07) is 2.18. The van der Waals surface area contributed by atoms with Gasteiger partial charge in [-0.15, -0.1) is 0 Å². The number of carbonyl (C=O) groups excluding carboxylic acids is 1. The van der Waals surface area contributed by atoms with Crippen LogP contribution in [0.5, 0.6) is 0 Å². The monoisotopic (exact) mass is 264 g/mol. The van der Waals surface area contributed by atoms with Crippen LogP contribution >= 0.6 is 0 Å². The molecule has 104 valence electrons. The third-order valence-electron chi connectivity index (χ3n) is 3.83. The maximum atomic E-state index is 12.1. The van der Waals surface area contributed by atoms with Gasteiger partial charge in [0.05, 0.1) is 18.8 Å². The van der Waals surface area contributed by atoms with Gasteiger partial charge < -0.3 is 15.4 Å². The summed E-state index contributed by atoms with van der Waals surface area (Å²) in [5, 5.41) is 10.4. The molecule has 1 aliphatic carbocycles. The molecule has 19 heavy (non-hydrogen) atoms. The number of anilines is 1. The van der Waals surface area contributed by atoms with Crippen molar-refractivity contribution in [3.63, 3.8) is 0 Å². The van der Waals surface area contributed by atoms with E-state index in [9.17, 15) is 4.79 Å². The second kappa shape index (κ2) is 5.30. The van der Waals surface area contributed by atoms with Gasteiger partial charge in [-0.1, -0.05) is 0 Å². The lowest BCUT2D eigenvalue weighted by molar-refractivity contribution is -0.128. The van der Waals surface area contributed by atoms with Gasteiger partial charge in [0.2, 0.25) is 0 Å². The van der Waals surface area contributed by atoms with E-state index in [0.29, 0.717) is 25.1 Å². The number of aromatic nitrogens is 2. The Bertz CT molecular complexity index is 449. The van der Waals surface area contributed by atoms with Gasteiger partial charge in [0.25, 0.3) is 5.91 Å². The molecule has 6 nitrogen and oxygen atoms in total. The minimum Gasteiger partial charge on any atom is -0.366 e. The van der Waals surface area contributed by atoms with Crippen LogP contribution in [-0.4, -0.2) is 41.5 Å². The fraction of sp³-hybridized carbons (Fsp3) is 0.692. The van der Waals surface area contributed by atoms with Crippen LogP contribution in [0.1, 0.15) is 25.8 Å². The fourth-order valence-electron chi connectivity index (χ4n) is 2.46. The lowest BCUT2D eigenvalue weighted by Gasteiger charge is -2.23. The predicted octanol–water partition coefficient (Wildman–Crippen LogP) is 0.781. The summed E-state index contributed by atoms with van der Waals surface area (Å²) in [5.41, 5.74) is 0. The van der Waals surface area contributed by atoms with E-state index in [2.05, 4.69) is 22.7 Å². The smallest absolute Gasteiger partial charge is 0.255 e. The zero-order chi connectivity index (χ0) is 13.2. The van der Waals surface area contributed by atoms with Crippen LogP contribution in [0.25, 0.3) is 0 Å². The molecule has 0 aromatic carbocycles. The number of nitrogens with zero attached hydrogens (tertiary/aromatic N) is 2. The zero-order valence-corrected chi connectivity index (χ0v) is 11.1. The third-order valence-corrected chi connectivity index (χ3v) is 3.83. The molecule has 1 aliphatic heterocycles. The van der Waals surface area contributed by atoms with Gasteiger partial charge in [0.1, 0.15) is 11.9 Å². The minimum absolute atomic E-state index is 0.100. The number of hydrogen-bond donors (Lipinski definition) is 2. The number of ether oxygens (including phenoxy) is 1. The number of amides is 1. The molecule has 2 heterocycles. The highest BCUT2D eigenvalue weighted by molar-refractivity contribution is 5.93. The van der Waals surface area contributed by atoms with Crippen LogP contribution < -0.4 is 10.6 Å². The molecule has 6 heteroatoms. The highest BCUT2D eigenvalue weighted by Gasteiger charge is 2.31. The molecule has 2 fully saturated rings. The quantitative estimate of drug-likeness (QED) is 0.843. The van der Waals surface area contributed by atoms with E-state index < -0.39 is 6.10 Å². The molecule has 1 amide bonds. The van der Waals surface area contributed by atoms with Crippen molar-refractivity contribution in [2.24, 2.45) is 5.92 Å². The van der Waals surface area contributed by atoms with Crippen LogP contribution in [0.4, 0.5) is 5.82 Å². The van der Waals surface area contributed by atoms with E-state index in [1.165, 1.54) is 12.8 Å². The first-order valence-corrected chi connectivity index (χ1v) is 6.92. The minimum atomic E-state index is -0.409. The summed E-state index contributed by atoms with van der Waals surface area (Å²) >= 11 is 0. The standard InChI is InChI=1S/C13H20N4O2/c1-9(10-2-3-10)17-12(4-5-15-17)16-13(18)11-8-14-6-7-19-11/h4-5,9-11,14H,2-3,6-8H2,1H3,(H,16,18)/t9-,11-/m0/s1. The van der Waals surface area contributed by atoms with Crippen molar-refractivity contribution in [3.8, 4) is 0 Å². The Morgan fingerprint density at radius 2 is 2.47 bits per heavy atom. The molecule has 0 bridgehead atoms. The summed E-state index contributed by atoms with van der Waals surface area (Å²) in [6.45, 7) is 4.10. The Balaban J connectivity index is 1.65. The molecule has 1 aromatic heterocycles. The van der Waals surface area contributed by atoms with Crippen LogP contribution in [0.3, 0.4) is 0 Å². The lowest BCUT2D eigenvalue weighted by atomic mass is 10.2. The number of carbonyl (C=O) groups is 1. The van der Waals surface area contributed by atoms with Crippen molar-refractivity contribution in [3.05, 3.63) is 12.3 Å². The van der Waals surface area contributed by atoms with Gasteiger partial charge in [-0.25, -0.2) is 4.68 Å². The average Bonchev–Trinajstić information content (AvgIpc) is 3.19. The Morgan fingerprint density at radius 1 is 1.63 bits per heavy atom. The van der Waals surface area contributed by atoms with Crippen molar-refractivity contribution in [2.75, 3.05) is 25.0 Å². The van der Waals surface area contributed by atoms with E-state index >= 15 is 0 Å². The Kier molecular flexibility index (Phi) is 3.52. The number of morpholine rings is 1. The number of rotatable bonds is 4. The topological polar surface area (TPSA) is 68.2 Å². The first kappa shape index (κ1) is 12.6.